The van der Waals surface area contributed by atoms with Gasteiger partial charge in [-0.3, -0.25) is 29.2 Å². The van der Waals surface area contributed by atoms with E-state index in [4.69, 9.17) is 52.7 Å². The lowest BCUT2D eigenvalue weighted by atomic mass is 9.97. The number of hydrogen-bond donors (Lipinski definition) is 1. The van der Waals surface area contributed by atoms with Gasteiger partial charge in [0.05, 0.1) is 120 Å². The van der Waals surface area contributed by atoms with Crippen LogP contribution in [0.1, 0.15) is 97.2 Å². The van der Waals surface area contributed by atoms with E-state index in [1.54, 1.807) is 38.5 Å². The number of hydroxylamine groups is 2. The maximum atomic E-state index is 13.8. The number of nitrogens with one attached hydrogen (secondary N) is 1. The monoisotopic (exact) mass is 1120 g/mol. The molecule has 5 aliphatic heterocycles. The largest absolute Gasteiger partial charge is 0.493 e. The van der Waals surface area contributed by atoms with Crippen LogP contribution in [0.25, 0.3) is 0 Å². The predicted molar refractivity (Wildman–Crippen MR) is 301 cm³/mol. The number of amides is 4. The van der Waals surface area contributed by atoms with Crippen LogP contribution >= 0.6 is 11.8 Å². The predicted octanol–water partition coefficient (Wildman–Crippen LogP) is 7.75. The smallest absolute Gasteiger partial charge is 0.335 e. The molecule has 3 aromatic carbocycles. The van der Waals surface area contributed by atoms with Crippen LogP contribution in [0, 0.1) is 0 Å². The van der Waals surface area contributed by atoms with Gasteiger partial charge in [0.25, 0.3) is 17.7 Å². The Labute approximate surface area is 471 Å². The van der Waals surface area contributed by atoms with Crippen molar-refractivity contribution in [3.05, 3.63) is 106 Å². The number of hydrogen-bond acceptors (Lipinski definition) is 17. The van der Waals surface area contributed by atoms with Crippen molar-refractivity contribution in [1.29, 1.82) is 0 Å². The van der Waals surface area contributed by atoms with Crippen LogP contribution in [0.4, 0.5) is 11.4 Å². The Morgan fingerprint density at radius 2 is 1.19 bits per heavy atom. The van der Waals surface area contributed by atoms with E-state index in [1.165, 1.54) is 22.9 Å². The highest BCUT2D eigenvalue weighted by Gasteiger charge is 2.37. The molecule has 3 fully saturated rings. The minimum atomic E-state index is -0.566. The van der Waals surface area contributed by atoms with Gasteiger partial charge in [0.1, 0.15) is 13.2 Å². The number of thioether (sulfide) groups is 1. The van der Waals surface area contributed by atoms with Crippen LogP contribution in [0.3, 0.4) is 0 Å². The second kappa shape index (κ2) is 27.9. The Morgan fingerprint density at radius 1 is 0.688 bits per heavy atom. The van der Waals surface area contributed by atoms with Gasteiger partial charge < -0.3 is 57.8 Å². The molecule has 0 radical (unpaired) electrons. The van der Waals surface area contributed by atoms with E-state index in [0.29, 0.717) is 117 Å². The number of carbonyl (C=O) groups excluding carboxylic acids is 5. The van der Waals surface area contributed by atoms with E-state index < -0.39 is 10.7 Å². The molecule has 2 atom stereocenters. The molecule has 0 aromatic heterocycles. The van der Waals surface area contributed by atoms with E-state index >= 15 is 0 Å². The molecule has 8 rings (SSSR count). The van der Waals surface area contributed by atoms with Gasteiger partial charge in [0.15, 0.2) is 23.0 Å². The zero-order valence-electron chi connectivity index (χ0n) is 46.5. The highest BCUT2D eigenvalue weighted by molar-refractivity contribution is 8.00. The third-order valence-corrected chi connectivity index (χ3v) is 15.6. The van der Waals surface area contributed by atoms with E-state index in [-0.39, 0.29) is 80.7 Å². The van der Waals surface area contributed by atoms with Gasteiger partial charge in [-0.1, -0.05) is 42.0 Å². The fourth-order valence-electron chi connectivity index (χ4n) is 9.58. The summed E-state index contributed by atoms with van der Waals surface area (Å²) in [6, 6.07) is 12.7. The van der Waals surface area contributed by atoms with Crippen LogP contribution in [0.15, 0.2) is 88.0 Å². The summed E-state index contributed by atoms with van der Waals surface area (Å²) in [7, 11) is 3.08. The highest BCUT2D eigenvalue weighted by atomic mass is 32.2. The molecule has 3 aromatic rings. The first kappa shape index (κ1) is 59.1. The molecular weight excluding hydrogens is 1050 g/mol. The van der Waals surface area contributed by atoms with Crippen molar-refractivity contribution >= 4 is 65.2 Å². The van der Waals surface area contributed by atoms with Crippen LogP contribution in [0.2, 0.25) is 0 Å². The number of allylic oxidation sites excluding steroid dienone is 3. The Kier molecular flexibility index (Phi) is 20.6. The first-order chi connectivity index (χ1) is 38.7. The molecule has 0 bridgehead atoms. The van der Waals surface area contributed by atoms with E-state index in [0.717, 1.165) is 34.6 Å². The molecule has 21 heteroatoms. The minimum absolute atomic E-state index is 0.000617. The Balaban J connectivity index is 0.834. The van der Waals surface area contributed by atoms with Crippen molar-refractivity contribution in [2.75, 3.05) is 92.5 Å². The summed E-state index contributed by atoms with van der Waals surface area (Å²) in [5.74, 6) is 0.621. The summed E-state index contributed by atoms with van der Waals surface area (Å²) < 4.78 is 46.2. The number of nitrogens with zero attached hydrogens (tertiary/aromatic N) is 5. The molecule has 4 amide bonds. The normalized spacial score (nSPS) is 18.6. The first-order valence-corrected chi connectivity index (χ1v) is 27.9. The summed E-state index contributed by atoms with van der Waals surface area (Å²) >= 11 is 1.49. The molecule has 80 heavy (non-hydrogen) atoms. The lowest BCUT2D eigenvalue weighted by Crippen LogP contribution is -2.35. The zero-order chi connectivity index (χ0) is 56.8. The highest BCUT2D eigenvalue weighted by Crippen LogP contribution is 2.42. The number of aliphatic imine (C=N–C) groups is 2. The summed E-state index contributed by atoms with van der Waals surface area (Å²) in [5, 5.41) is 3.90. The Morgan fingerprint density at radius 3 is 1.66 bits per heavy atom. The molecule has 5 aliphatic rings. The number of carbonyl (C=O) groups is 5. The van der Waals surface area contributed by atoms with Gasteiger partial charge in [-0.2, -0.15) is 0 Å². The van der Waals surface area contributed by atoms with Gasteiger partial charge in [-0.05, 0) is 81.8 Å². The average molecular weight is 1120 g/mol. The van der Waals surface area contributed by atoms with Crippen molar-refractivity contribution in [2.24, 2.45) is 9.98 Å². The van der Waals surface area contributed by atoms with E-state index in [2.05, 4.69) is 37.9 Å². The summed E-state index contributed by atoms with van der Waals surface area (Å²) in [6.45, 7) is 15.9. The third kappa shape index (κ3) is 15.0. The number of ether oxygens (including phenoxy) is 8. The van der Waals surface area contributed by atoms with Crippen molar-refractivity contribution in [3.8, 4) is 23.0 Å². The molecule has 20 nitrogen and oxygen atoms in total. The van der Waals surface area contributed by atoms with E-state index in [1.807, 2.05) is 54.3 Å². The molecule has 3 saturated heterocycles. The molecule has 0 spiro atoms. The number of methoxy groups -OCH3 is 2. The summed E-state index contributed by atoms with van der Waals surface area (Å²) in [4.78, 5) is 82.6. The molecular formula is C59H72N6O14S. The van der Waals surface area contributed by atoms with E-state index in [9.17, 15) is 24.0 Å². The van der Waals surface area contributed by atoms with Crippen molar-refractivity contribution in [1.82, 2.24) is 20.2 Å². The molecule has 428 valence electrons. The lowest BCUT2D eigenvalue weighted by Gasteiger charge is -2.26. The Bertz CT molecular complexity index is 2770. The quantitative estimate of drug-likeness (QED) is 0.0544. The maximum Gasteiger partial charge on any atom is 0.335 e. The molecule has 0 aliphatic carbocycles. The SMILES string of the molecule is C=C1CCC(=O)N1OC(=O)CCOCCOCCOCCOCCNC(=O)CSC(C)(C)c1cc(COc2cc3c(cc2OC)C(=O)N2C/C(=C/C)C[C@H]2C=N3)cc(COc2cc3c(cc2OC)C(=O)N2C/C(=C/C)C[C@H]2C=N3)c1. The van der Waals surface area contributed by atoms with Crippen LogP contribution in [0.5, 0.6) is 23.0 Å². The van der Waals surface area contributed by atoms with Crippen LogP contribution < -0.4 is 24.3 Å². The van der Waals surface area contributed by atoms with Crippen molar-refractivity contribution in [2.45, 2.75) is 89.8 Å². The maximum absolute atomic E-state index is 13.8. The minimum Gasteiger partial charge on any atom is -0.493 e. The second-order valence-corrected chi connectivity index (χ2v) is 21.7. The molecule has 5 heterocycles. The van der Waals surface area contributed by atoms with Gasteiger partial charge in [-0.15, -0.1) is 16.8 Å². The fraction of sp³-hybridized carbons (Fsp3) is 0.475. The first-order valence-electron chi connectivity index (χ1n) is 26.9. The van der Waals surface area contributed by atoms with Gasteiger partial charge in [-0.25, -0.2) is 4.79 Å². The number of fused-ring (bicyclic) bond motifs is 4. The Hall–Kier alpha value is -7.04. The van der Waals surface area contributed by atoms with Gasteiger partial charge in [0, 0.05) is 55.4 Å². The van der Waals surface area contributed by atoms with Gasteiger partial charge in [0.2, 0.25) is 5.91 Å². The number of benzene rings is 3. The third-order valence-electron chi connectivity index (χ3n) is 14.2. The fourth-order valence-corrected chi connectivity index (χ4v) is 10.5. The lowest BCUT2D eigenvalue weighted by molar-refractivity contribution is -0.187. The van der Waals surface area contributed by atoms with Crippen molar-refractivity contribution in [3.63, 3.8) is 0 Å². The van der Waals surface area contributed by atoms with Crippen molar-refractivity contribution < 1.29 is 66.7 Å². The van der Waals surface area contributed by atoms with Crippen LogP contribution in [-0.2, 0) is 56.1 Å². The summed E-state index contributed by atoms with van der Waals surface area (Å²) in [6.07, 6.45) is 10.0. The standard InChI is InChI=1S/C59H72N6O14S/c1-8-39-25-44-31-61-48-29-52(50(71-6)27-46(48)57(69)63(44)33-39)77-35-41-22-42(36-78-53-30-49-47(28-51(53)72-7)58(70)64-34-40(9-2)26-45(64)32-62-49)24-43(23-41)59(4,5)80-37-54(66)60-13-15-74-17-19-76-21-20-75-18-16-73-14-12-56(68)79-65-38(3)10-11-55(65)67/h8-9,22-24,27-32,44-45H,3,10-21,25-26,33-37H2,1-2,4-7H3,(H,60,66)/b39-8+,40-9+/t44-,45-/m0/s1. The second-order valence-electron chi connectivity index (χ2n) is 20.1. The molecule has 0 saturated carbocycles. The zero-order valence-corrected chi connectivity index (χ0v) is 47.3. The molecule has 1 N–H and O–H groups in total. The van der Waals surface area contributed by atoms with Crippen LogP contribution in [-0.4, -0.2) is 161 Å². The van der Waals surface area contributed by atoms with Gasteiger partial charge >= 0.3 is 5.97 Å². The topological polar surface area (TPSA) is 215 Å². The summed E-state index contributed by atoms with van der Waals surface area (Å²) in [5.41, 5.74) is 7.31. The molecule has 0 unspecified atom stereocenters. The number of rotatable bonds is 28. The average Bonchev–Trinajstić information content (AvgIpc) is 4.15.